The Balaban J connectivity index is 1.69. The van der Waals surface area contributed by atoms with Gasteiger partial charge in [0.25, 0.3) is 0 Å². The first-order chi connectivity index (χ1) is 17.2. The number of nitrogens with zero attached hydrogens (tertiary/aromatic N) is 2. The van der Waals surface area contributed by atoms with E-state index in [-0.39, 0.29) is 30.1 Å². The van der Waals surface area contributed by atoms with Crippen LogP contribution in [0.2, 0.25) is 0 Å². The summed E-state index contributed by atoms with van der Waals surface area (Å²) in [6.07, 6.45) is 1.51. The fourth-order valence-corrected chi connectivity index (χ4v) is 4.09. The zero-order valence-corrected chi connectivity index (χ0v) is 20.3. The van der Waals surface area contributed by atoms with E-state index < -0.39 is 23.6 Å². The largest absolute Gasteiger partial charge is 0.480 e. The molecule has 0 saturated heterocycles. The van der Waals surface area contributed by atoms with E-state index in [1.54, 1.807) is 0 Å². The van der Waals surface area contributed by atoms with Crippen molar-refractivity contribution in [2.45, 2.75) is 45.6 Å². The third-order valence-corrected chi connectivity index (χ3v) is 5.85. The third-order valence-electron chi connectivity index (χ3n) is 5.85. The minimum atomic E-state index is -1.10. The first-order valence-corrected chi connectivity index (χ1v) is 11.7. The number of carboxylic acids is 1. The molecule has 0 fully saturated rings. The first kappa shape index (κ1) is 25.0. The van der Waals surface area contributed by atoms with Gasteiger partial charge in [0, 0.05) is 24.3 Å². The topological polar surface area (TPSA) is 88.2 Å². The summed E-state index contributed by atoms with van der Waals surface area (Å²) in [6, 6.07) is 14.0. The first-order valence-electron chi connectivity index (χ1n) is 11.7. The standard InChI is InChI=1S/C28H27F2N3O3/c1-16(2)26-17(3)12-20(36-26)14-23(28(34)35)33-27-22(13-19-10-7-11-21(29)25(19)30)32-24(15-31-27)18-8-5-4-6-9-18/h4-12,15-16,23H,13-14H2,1-3H3,(H,31,33)(H,34,35). The molecule has 0 saturated carbocycles. The summed E-state index contributed by atoms with van der Waals surface area (Å²) < 4.78 is 34.2. The smallest absolute Gasteiger partial charge is 0.326 e. The zero-order chi connectivity index (χ0) is 25.8. The second-order valence-electron chi connectivity index (χ2n) is 8.96. The Morgan fingerprint density at radius 1 is 1.11 bits per heavy atom. The van der Waals surface area contributed by atoms with Crippen LogP contribution >= 0.6 is 0 Å². The Morgan fingerprint density at radius 3 is 2.53 bits per heavy atom. The lowest BCUT2D eigenvalue weighted by Gasteiger charge is -2.17. The van der Waals surface area contributed by atoms with Gasteiger partial charge in [0.05, 0.1) is 17.6 Å². The van der Waals surface area contributed by atoms with E-state index in [0.29, 0.717) is 17.1 Å². The molecule has 0 bridgehead atoms. The number of halogens is 2. The van der Waals surface area contributed by atoms with E-state index in [1.165, 1.54) is 18.3 Å². The summed E-state index contributed by atoms with van der Waals surface area (Å²) in [5.74, 6) is -1.36. The number of rotatable bonds is 9. The highest BCUT2D eigenvalue weighted by atomic mass is 19.2. The average Bonchev–Trinajstić information content (AvgIpc) is 3.23. The number of anilines is 1. The lowest BCUT2D eigenvalue weighted by atomic mass is 10.1. The van der Waals surface area contributed by atoms with Crippen LogP contribution in [0, 0.1) is 18.6 Å². The van der Waals surface area contributed by atoms with Gasteiger partial charge in [0.2, 0.25) is 0 Å². The van der Waals surface area contributed by atoms with Crippen molar-refractivity contribution in [3.8, 4) is 11.3 Å². The predicted molar refractivity (Wildman–Crippen MR) is 133 cm³/mol. The van der Waals surface area contributed by atoms with Crippen LogP contribution in [0.15, 0.2) is 65.2 Å². The molecule has 8 heteroatoms. The Labute approximate surface area is 208 Å². The molecule has 0 radical (unpaired) electrons. The number of aliphatic carboxylic acids is 1. The van der Waals surface area contributed by atoms with Gasteiger partial charge in [0.1, 0.15) is 23.4 Å². The van der Waals surface area contributed by atoms with Gasteiger partial charge in [-0.15, -0.1) is 0 Å². The maximum atomic E-state index is 14.5. The molecule has 2 heterocycles. The van der Waals surface area contributed by atoms with Crippen LogP contribution in [0.5, 0.6) is 0 Å². The van der Waals surface area contributed by atoms with Crippen molar-refractivity contribution in [1.82, 2.24) is 9.97 Å². The highest BCUT2D eigenvalue weighted by Gasteiger charge is 2.24. The lowest BCUT2D eigenvalue weighted by Crippen LogP contribution is -2.32. The van der Waals surface area contributed by atoms with Crippen LogP contribution in [0.1, 0.15) is 48.1 Å². The predicted octanol–water partition coefficient (Wildman–Crippen LogP) is 6.15. The maximum absolute atomic E-state index is 14.5. The van der Waals surface area contributed by atoms with Gasteiger partial charge < -0.3 is 14.8 Å². The molecule has 0 aliphatic carbocycles. The molecule has 0 spiro atoms. The van der Waals surface area contributed by atoms with Gasteiger partial charge in [-0.1, -0.05) is 56.3 Å². The molecule has 36 heavy (non-hydrogen) atoms. The van der Waals surface area contributed by atoms with E-state index in [9.17, 15) is 18.7 Å². The fraction of sp³-hybridized carbons (Fsp3) is 0.250. The summed E-state index contributed by atoms with van der Waals surface area (Å²) in [5.41, 5.74) is 2.67. The zero-order valence-electron chi connectivity index (χ0n) is 20.3. The summed E-state index contributed by atoms with van der Waals surface area (Å²) in [7, 11) is 0. The third kappa shape index (κ3) is 5.59. The maximum Gasteiger partial charge on any atom is 0.326 e. The molecule has 2 aromatic heterocycles. The van der Waals surface area contributed by atoms with E-state index in [1.807, 2.05) is 57.2 Å². The van der Waals surface area contributed by atoms with E-state index in [2.05, 4.69) is 15.3 Å². The molecule has 1 unspecified atom stereocenters. The van der Waals surface area contributed by atoms with Gasteiger partial charge in [-0.2, -0.15) is 0 Å². The molecular weight excluding hydrogens is 464 g/mol. The summed E-state index contributed by atoms with van der Waals surface area (Å²) >= 11 is 0. The minimum Gasteiger partial charge on any atom is -0.480 e. The number of carbonyl (C=O) groups is 1. The molecule has 0 amide bonds. The molecule has 186 valence electrons. The van der Waals surface area contributed by atoms with Gasteiger partial charge in [-0.3, -0.25) is 0 Å². The minimum absolute atomic E-state index is 0.0682. The van der Waals surface area contributed by atoms with Gasteiger partial charge in [0.15, 0.2) is 11.6 Å². The van der Waals surface area contributed by atoms with Gasteiger partial charge >= 0.3 is 5.97 Å². The molecular formula is C28H27F2N3O3. The fourth-order valence-electron chi connectivity index (χ4n) is 4.09. The Morgan fingerprint density at radius 2 is 1.86 bits per heavy atom. The van der Waals surface area contributed by atoms with Crippen LogP contribution in [0.25, 0.3) is 11.3 Å². The summed E-state index contributed by atoms with van der Waals surface area (Å²) in [4.78, 5) is 21.2. The Kier molecular flexibility index (Phi) is 7.43. The quantitative estimate of drug-likeness (QED) is 0.292. The Bertz CT molecular complexity index is 1370. The average molecular weight is 492 g/mol. The van der Waals surface area contributed by atoms with Crippen molar-refractivity contribution in [3.05, 3.63) is 101 Å². The molecule has 0 aliphatic rings. The van der Waals surface area contributed by atoms with Crippen molar-refractivity contribution >= 4 is 11.8 Å². The van der Waals surface area contributed by atoms with E-state index >= 15 is 0 Å². The monoisotopic (exact) mass is 491 g/mol. The van der Waals surface area contributed by atoms with Gasteiger partial charge in [-0.25, -0.2) is 23.5 Å². The number of aryl methyl sites for hydroxylation is 1. The van der Waals surface area contributed by atoms with E-state index in [4.69, 9.17) is 4.42 Å². The van der Waals surface area contributed by atoms with Crippen molar-refractivity contribution in [3.63, 3.8) is 0 Å². The normalized spacial score (nSPS) is 12.1. The van der Waals surface area contributed by atoms with Crippen LogP contribution < -0.4 is 5.32 Å². The van der Waals surface area contributed by atoms with Crippen LogP contribution in [-0.4, -0.2) is 27.1 Å². The van der Waals surface area contributed by atoms with Gasteiger partial charge in [-0.05, 0) is 30.2 Å². The SMILES string of the molecule is Cc1cc(CC(Nc2ncc(-c3ccccc3)nc2Cc2cccc(F)c2F)C(=O)O)oc1C(C)C. The number of carboxylic acid groups (broad SMARTS) is 1. The highest BCUT2D eigenvalue weighted by Crippen LogP contribution is 2.26. The molecule has 6 nitrogen and oxygen atoms in total. The second kappa shape index (κ2) is 10.7. The van der Waals surface area contributed by atoms with Crippen molar-refractivity contribution in [2.24, 2.45) is 0 Å². The molecule has 4 rings (SSSR count). The molecule has 4 aromatic rings. The number of hydrogen-bond acceptors (Lipinski definition) is 5. The van der Waals surface area contributed by atoms with Crippen LogP contribution in [0.4, 0.5) is 14.6 Å². The number of benzene rings is 2. The van der Waals surface area contributed by atoms with Crippen LogP contribution in [-0.2, 0) is 17.6 Å². The number of aromatic nitrogens is 2. The second-order valence-corrected chi connectivity index (χ2v) is 8.96. The summed E-state index contributed by atoms with van der Waals surface area (Å²) in [5, 5.41) is 12.9. The van der Waals surface area contributed by atoms with Crippen molar-refractivity contribution in [2.75, 3.05) is 5.32 Å². The molecule has 2 aromatic carbocycles. The number of furan rings is 1. The van der Waals surface area contributed by atoms with Crippen molar-refractivity contribution in [1.29, 1.82) is 0 Å². The van der Waals surface area contributed by atoms with Crippen LogP contribution in [0.3, 0.4) is 0 Å². The Hall–Kier alpha value is -4.07. The molecule has 2 N–H and O–H groups in total. The van der Waals surface area contributed by atoms with Crippen molar-refractivity contribution < 1.29 is 23.1 Å². The summed E-state index contributed by atoms with van der Waals surface area (Å²) in [6.45, 7) is 5.93. The molecule has 0 aliphatic heterocycles. The number of hydrogen-bond donors (Lipinski definition) is 2. The van der Waals surface area contributed by atoms with E-state index in [0.717, 1.165) is 23.0 Å². The number of nitrogens with one attached hydrogen (secondary N) is 1. The lowest BCUT2D eigenvalue weighted by molar-refractivity contribution is -0.138. The highest BCUT2D eigenvalue weighted by molar-refractivity contribution is 5.77. The molecule has 1 atom stereocenters.